The number of anilines is 2. The van der Waals surface area contributed by atoms with E-state index in [1.54, 1.807) is 19.2 Å². The lowest BCUT2D eigenvalue weighted by Crippen LogP contribution is -2.12. The first-order valence-corrected chi connectivity index (χ1v) is 6.32. The molecule has 0 spiro atoms. The Balaban J connectivity index is 2.21. The summed E-state index contributed by atoms with van der Waals surface area (Å²) in [5.74, 6) is -0.0373. The highest BCUT2D eigenvalue weighted by Crippen LogP contribution is 2.25. The molecule has 2 N–H and O–H groups in total. The molecule has 1 aromatic carbocycles. The molecule has 0 radical (unpaired) electrons. The van der Waals surface area contributed by atoms with Crippen LogP contribution in [0.15, 0.2) is 36.5 Å². The Bertz CT molecular complexity index is 700. The summed E-state index contributed by atoms with van der Waals surface area (Å²) in [7, 11) is 3.06. The maximum absolute atomic E-state index is 12.1. The van der Waals surface area contributed by atoms with Gasteiger partial charge >= 0.3 is 0 Å². The van der Waals surface area contributed by atoms with Crippen LogP contribution in [0.1, 0.15) is 10.4 Å². The van der Waals surface area contributed by atoms with E-state index in [9.17, 15) is 14.9 Å². The van der Waals surface area contributed by atoms with Gasteiger partial charge in [-0.3, -0.25) is 14.9 Å². The summed E-state index contributed by atoms with van der Waals surface area (Å²) >= 11 is 0. The Morgan fingerprint density at radius 1 is 1.32 bits per heavy atom. The molecule has 0 bridgehead atoms. The first-order valence-electron chi connectivity index (χ1n) is 6.32. The number of nitro benzene ring substituents is 1. The van der Waals surface area contributed by atoms with E-state index >= 15 is 0 Å². The molecule has 0 aliphatic carbocycles. The van der Waals surface area contributed by atoms with Gasteiger partial charge in [0.05, 0.1) is 23.9 Å². The number of pyridine rings is 1. The third-order valence-corrected chi connectivity index (χ3v) is 2.93. The summed E-state index contributed by atoms with van der Waals surface area (Å²) in [6.07, 6.45) is 1.44. The Hall–Kier alpha value is -3.16. The summed E-state index contributed by atoms with van der Waals surface area (Å²) in [6, 6.07) is 7.44. The fourth-order valence-corrected chi connectivity index (χ4v) is 1.81. The van der Waals surface area contributed by atoms with Crippen molar-refractivity contribution in [1.82, 2.24) is 4.98 Å². The minimum absolute atomic E-state index is 0.164. The second kappa shape index (κ2) is 6.53. The van der Waals surface area contributed by atoms with Crippen molar-refractivity contribution in [1.29, 1.82) is 0 Å². The summed E-state index contributed by atoms with van der Waals surface area (Å²) in [5, 5.41) is 16.3. The topological polar surface area (TPSA) is 106 Å². The van der Waals surface area contributed by atoms with Gasteiger partial charge in [0, 0.05) is 24.7 Å². The standard InChI is InChI=1S/C14H14N4O4/c1-15-11-5-3-9(7-12(11)18(20)21)14(19)17-10-4-6-13(22-2)16-8-10/h3-8,15H,1-2H3,(H,17,19). The van der Waals surface area contributed by atoms with Gasteiger partial charge in [0.25, 0.3) is 11.6 Å². The fraction of sp³-hybridized carbons (Fsp3) is 0.143. The number of nitrogens with zero attached hydrogens (tertiary/aromatic N) is 2. The lowest BCUT2D eigenvalue weighted by atomic mass is 10.1. The van der Waals surface area contributed by atoms with E-state index in [1.807, 2.05) is 0 Å². The molecule has 0 aliphatic rings. The molecule has 1 heterocycles. The van der Waals surface area contributed by atoms with Crippen LogP contribution in [0.4, 0.5) is 17.1 Å². The van der Waals surface area contributed by atoms with Gasteiger partial charge < -0.3 is 15.4 Å². The van der Waals surface area contributed by atoms with Crippen LogP contribution in [-0.4, -0.2) is 30.0 Å². The Kier molecular flexibility index (Phi) is 4.52. The van der Waals surface area contributed by atoms with E-state index in [4.69, 9.17) is 4.74 Å². The minimum atomic E-state index is -0.544. The molecular formula is C14H14N4O4. The molecule has 0 aliphatic heterocycles. The van der Waals surface area contributed by atoms with E-state index < -0.39 is 10.8 Å². The number of nitro groups is 1. The van der Waals surface area contributed by atoms with E-state index in [1.165, 1.54) is 31.5 Å². The van der Waals surface area contributed by atoms with E-state index in [2.05, 4.69) is 15.6 Å². The van der Waals surface area contributed by atoms with Crippen LogP contribution in [0.2, 0.25) is 0 Å². The van der Waals surface area contributed by atoms with Crippen LogP contribution < -0.4 is 15.4 Å². The molecule has 0 fully saturated rings. The number of nitrogens with one attached hydrogen (secondary N) is 2. The zero-order chi connectivity index (χ0) is 16.1. The van der Waals surface area contributed by atoms with Gasteiger partial charge in [0.1, 0.15) is 5.69 Å². The van der Waals surface area contributed by atoms with Crippen LogP contribution in [0.25, 0.3) is 0 Å². The van der Waals surface area contributed by atoms with Crippen molar-refractivity contribution in [3.05, 3.63) is 52.2 Å². The number of hydrogen-bond acceptors (Lipinski definition) is 6. The molecule has 1 aromatic heterocycles. The maximum atomic E-state index is 12.1. The first kappa shape index (κ1) is 15.2. The minimum Gasteiger partial charge on any atom is -0.481 e. The number of hydrogen-bond donors (Lipinski definition) is 2. The van der Waals surface area contributed by atoms with Gasteiger partial charge in [0.15, 0.2) is 0 Å². The Morgan fingerprint density at radius 3 is 2.64 bits per heavy atom. The molecular weight excluding hydrogens is 288 g/mol. The number of methoxy groups -OCH3 is 1. The van der Waals surface area contributed by atoms with Crippen molar-refractivity contribution in [3.8, 4) is 5.88 Å². The van der Waals surface area contributed by atoms with Crippen molar-refractivity contribution < 1.29 is 14.5 Å². The second-order valence-electron chi connectivity index (χ2n) is 4.28. The molecule has 8 heteroatoms. The van der Waals surface area contributed by atoms with Gasteiger partial charge in [0.2, 0.25) is 5.88 Å². The molecule has 0 unspecified atom stereocenters. The van der Waals surface area contributed by atoms with Gasteiger partial charge in [-0.2, -0.15) is 0 Å². The predicted molar refractivity (Wildman–Crippen MR) is 81.4 cm³/mol. The third-order valence-electron chi connectivity index (χ3n) is 2.93. The molecule has 8 nitrogen and oxygen atoms in total. The van der Waals surface area contributed by atoms with Crippen molar-refractivity contribution in [3.63, 3.8) is 0 Å². The highest BCUT2D eigenvalue weighted by Gasteiger charge is 2.17. The third kappa shape index (κ3) is 3.29. The average Bonchev–Trinajstić information content (AvgIpc) is 2.54. The highest BCUT2D eigenvalue weighted by molar-refractivity contribution is 6.05. The van der Waals surface area contributed by atoms with Crippen molar-refractivity contribution in [2.75, 3.05) is 24.8 Å². The van der Waals surface area contributed by atoms with Crippen LogP contribution in [0.5, 0.6) is 5.88 Å². The van der Waals surface area contributed by atoms with Gasteiger partial charge in [-0.15, -0.1) is 0 Å². The number of carbonyl (C=O) groups excluding carboxylic acids is 1. The van der Waals surface area contributed by atoms with Crippen molar-refractivity contribution >= 4 is 23.0 Å². The Labute approximate surface area is 126 Å². The number of rotatable bonds is 5. The van der Waals surface area contributed by atoms with Crippen LogP contribution in [-0.2, 0) is 0 Å². The van der Waals surface area contributed by atoms with Crippen molar-refractivity contribution in [2.24, 2.45) is 0 Å². The molecule has 22 heavy (non-hydrogen) atoms. The number of benzene rings is 1. The summed E-state index contributed by atoms with van der Waals surface area (Å²) in [6.45, 7) is 0. The predicted octanol–water partition coefficient (Wildman–Crippen LogP) is 2.29. The summed E-state index contributed by atoms with van der Waals surface area (Å²) in [4.78, 5) is 26.5. The molecule has 0 saturated heterocycles. The lowest BCUT2D eigenvalue weighted by molar-refractivity contribution is -0.384. The fourth-order valence-electron chi connectivity index (χ4n) is 1.81. The molecule has 0 atom stereocenters. The van der Waals surface area contributed by atoms with Crippen LogP contribution >= 0.6 is 0 Å². The molecule has 2 aromatic rings. The second-order valence-corrected chi connectivity index (χ2v) is 4.28. The monoisotopic (exact) mass is 302 g/mol. The maximum Gasteiger partial charge on any atom is 0.293 e. The van der Waals surface area contributed by atoms with Crippen LogP contribution in [0.3, 0.4) is 0 Å². The number of carbonyl (C=O) groups is 1. The van der Waals surface area contributed by atoms with Gasteiger partial charge in [-0.05, 0) is 18.2 Å². The summed E-state index contributed by atoms with van der Waals surface area (Å²) in [5.41, 5.74) is 0.823. The quantitative estimate of drug-likeness (QED) is 0.648. The zero-order valence-electron chi connectivity index (χ0n) is 12.0. The SMILES string of the molecule is CNc1ccc(C(=O)Nc2ccc(OC)nc2)cc1[N+](=O)[O-]. The van der Waals surface area contributed by atoms with Crippen molar-refractivity contribution in [2.45, 2.75) is 0 Å². The normalized spacial score (nSPS) is 9.91. The highest BCUT2D eigenvalue weighted by atomic mass is 16.6. The molecule has 114 valence electrons. The van der Waals surface area contributed by atoms with Gasteiger partial charge in [-0.25, -0.2) is 4.98 Å². The van der Waals surface area contributed by atoms with E-state index in [0.717, 1.165) is 0 Å². The van der Waals surface area contributed by atoms with Gasteiger partial charge in [-0.1, -0.05) is 0 Å². The van der Waals surface area contributed by atoms with E-state index in [-0.39, 0.29) is 11.3 Å². The number of amides is 1. The molecule has 0 saturated carbocycles. The van der Waals surface area contributed by atoms with E-state index in [0.29, 0.717) is 17.3 Å². The molecule has 1 amide bonds. The smallest absolute Gasteiger partial charge is 0.293 e. The average molecular weight is 302 g/mol. The largest absolute Gasteiger partial charge is 0.481 e. The zero-order valence-corrected chi connectivity index (χ0v) is 12.0. The van der Waals surface area contributed by atoms with Crippen LogP contribution in [0, 0.1) is 10.1 Å². The number of aromatic nitrogens is 1. The molecule has 2 rings (SSSR count). The lowest BCUT2D eigenvalue weighted by Gasteiger charge is -2.07. The number of ether oxygens (including phenoxy) is 1. The Morgan fingerprint density at radius 2 is 2.09 bits per heavy atom. The first-order chi connectivity index (χ1) is 10.5. The summed E-state index contributed by atoms with van der Waals surface area (Å²) < 4.78 is 4.92.